The van der Waals surface area contributed by atoms with E-state index < -0.39 is 0 Å². The Balaban J connectivity index is 3.31. The van der Waals surface area contributed by atoms with Crippen LogP contribution in [-0.4, -0.2) is 19.0 Å². The van der Waals surface area contributed by atoms with Crippen molar-refractivity contribution in [2.24, 2.45) is 0 Å². The first-order chi connectivity index (χ1) is 2.41. The second-order valence-electron chi connectivity index (χ2n) is 0.417. The maximum absolute atomic E-state index is 3.51. The summed E-state index contributed by atoms with van der Waals surface area (Å²) in [5.41, 5.74) is 0. The van der Waals surface area contributed by atoms with E-state index in [0.29, 0.717) is 0 Å². The molecule has 0 radical (unpaired) electrons. The molecule has 0 N–H and O–H groups in total. The van der Waals surface area contributed by atoms with Gasteiger partial charge in [-0.2, -0.15) is 0 Å². The van der Waals surface area contributed by atoms with Gasteiger partial charge in [-0.25, -0.2) is 0 Å². The van der Waals surface area contributed by atoms with Crippen molar-refractivity contribution in [3.05, 3.63) is 0 Å². The molecule has 0 aliphatic heterocycles. The second kappa shape index (κ2) is 4.32. The monoisotopic (exact) mass is 102 g/mol. The first kappa shape index (κ1) is 5.32. The van der Waals surface area contributed by atoms with Gasteiger partial charge >= 0.3 is 36.7 Å². The van der Waals surface area contributed by atoms with Gasteiger partial charge in [-0.3, -0.25) is 0 Å². The van der Waals surface area contributed by atoms with E-state index in [2.05, 4.69) is 12.3 Å². The summed E-state index contributed by atoms with van der Waals surface area (Å²) in [6.07, 6.45) is 0. The molecule has 0 amide bonds. The fourth-order valence-corrected chi connectivity index (χ4v) is 0.474. The Morgan fingerprint density at radius 2 is 2.40 bits per heavy atom. The molecule has 0 saturated carbocycles. The summed E-state index contributed by atoms with van der Waals surface area (Å²) in [4.78, 5) is 0. The van der Waals surface area contributed by atoms with Gasteiger partial charge in [0.05, 0.1) is 0 Å². The standard InChI is InChI=1S/C2H4BPS/c1-3-4-5-2/h1-2H2. The Morgan fingerprint density at radius 3 is 2.40 bits per heavy atom. The molecule has 0 rings (SSSR count). The van der Waals surface area contributed by atoms with E-state index in [-0.39, 0.29) is 0 Å². The normalized spacial score (nSPS) is 6.40. The molecular formula is C2H4BPS. The summed E-state index contributed by atoms with van der Waals surface area (Å²) >= 11 is 0. The molecule has 0 aliphatic rings. The van der Waals surface area contributed by atoms with Crippen molar-refractivity contribution in [3.63, 3.8) is 0 Å². The zero-order valence-electron chi connectivity index (χ0n) is 2.85. The SMILES string of the molecule is C=BP=S=C. The molecule has 0 aromatic heterocycles. The third-order valence-electron chi connectivity index (χ3n) is 0.149. The Morgan fingerprint density at radius 1 is 1.80 bits per heavy atom. The Kier molecular flexibility index (Phi) is 4.61. The van der Waals surface area contributed by atoms with Crippen LogP contribution in [0, 0.1) is 0 Å². The summed E-state index contributed by atoms with van der Waals surface area (Å²) in [7, 11) is 2.66. The van der Waals surface area contributed by atoms with Gasteiger partial charge in [-0.1, -0.05) is 0 Å². The van der Waals surface area contributed by atoms with Crippen molar-refractivity contribution in [1.29, 1.82) is 0 Å². The van der Waals surface area contributed by atoms with Crippen LogP contribution in [0.5, 0.6) is 0 Å². The molecule has 0 saturated heterocycles. The average molecular weight is 102 g/mol. The predicted molar refractivity (Wildman–Crippen MR) is 34.3 cm³/mol. The molecular weight excluding hydrogens is 97.9 g/mol. The van der Waals surface area contributed by atoms with Crippen LogP contribution in [0.4, 0.5) is 0 Å². The number of hydrogen-bond donors (Lipinski definition) is 0. The molecule has 26 valence electrons. The van der Waals surface area contributed by atoms with E-state index in [1.54, 1.807) is 6.64 Å². The minimum absolute atomic E-state index is 1.15. The minimum atomic E-state index is 1.15. The zero-order valence-corrected chi connectivity index (χ0v) is 4.56. The Bertz CT molecular complexity index is 73.7. The third-order valence-corrected chi connectivity index (χ3v) is 1.34. The molecule has 0 aromatic rings. The van der Waals surface area contributed by atoms with E-state index in [4.69, 9.17) is 0 Å². The summed E-state index contributed by atoms with van der Waals surface area (Å²) in [5, 5.41) is 0. The van der Waals surface area contributed by atoms with E-state index in [1.165, 1.54) is 10.5 Å². The zero-order chi connectivity index (χ0) is 4.12. The van der Waals surface area contributed by atoms with Crippen molar-refractivity contribution in [2.45, 2.75) is 0 Å². The van der Waals surface area contributed by atoms with Gasteiger partial charge < -0.3 is 0 Å². The number of rotatable bonds is 1. The predicted octanol–water partition coefficient (Wildman–Crippen LogP) is 0.413. The molecule has 0 atom stereocenters. The van der Waals surface area contributed by atoms with Crippen LogP contribution < -0.4 is 0 Å². The van der Waals surface area contributed by atoms with Crippen LogP contribution in [0.1, 0.15) is 0 Å². The molecule has 0 fully saturated rings. The molecule has 0 nitrogen and oxygen atoms in total. The van der Waals surface area contributed by atoms with Gasteiger partial charge in [0.2, 0.25) is 0 Å². The summed E-state index contributed by atoms with van der Waals surface area (Å²) in [6, 6.07) is 0. The number of hydrogen-bond acceptors (Lipinski definition) is 0. The van der Waals surface area contributed by atoms with Crippen molar-refractivity contribution < 1.29 is 0 Å². The Labute approximate surface area is 37.5 Å². The van der Waals surface area contributed by atoms with Crippen LogP contribution >= 0.6 is 7.23 Å². The van der Waals surface area contributed by atoms with Crippen LogP contribution in [0.2, 0.25) is 0 Å². The molecule has 0 spiro atoms. The van der Waals surface area contributed by atoms with Crippen LogP contribution in [-0.2, 0) is 10.5 Å². The van der Waals surface area contributed by atoms with E-state index in [0.717, 1.165) is 7.23 Å². The molecule has 3 heteroatoms. The topological polar surface area (TPSA) is 0 Å². The average Bonchev–Trinajstić information content (AvgIpc) is 1.41. The second-order valence-corrected chi connectivity index (χ2v) is 2.66. The first-order valence-electron chi connectivity index (χ1n) is 1.14. The van der Waals surface area contributed by atoms with Crippen LogP contribution in [0.25, 0.3) is 0 Å². The molecule has 0 aliphatic carbocycles. The van der Waals surface area contributed by atoms with Gasteiger partial charge in [-0.15, -0.1) is 0 Å². The molecule has 0 heterocycles. The Hall–Kier alpha value is 0.325. The molecule has 0 aromatic carbocycles. The van der Waals surface area contributed by atoms with E-state index >= 15 is 0 Å². The summed E-state index contributed by atoms with van der Waals surface area (Å²) in [6.45, 7) is 5.28. The van der Waals surface area contributed by atoms with Crippen molar-refractivity contribution in [1.82, 2.24) is 0 Å². The van der Waals surface area contributed by atoms with E-state index in [1.807, 2.05) is 0 Å². The van der Waals surface area contributed by atoms with Crippen LogP contribution in [0.3, 0.4) is 0 Å². The summed E-state index contributed by atoms with van der Waals surface area (Å²) in [5.74, 6) is 3.51. The van der Waals surface area contributed by atoms with Gasteiger partial charge in [0.1, 0.15) is 0 Å². The molecule has 0 bridgehead atoms. The van der Waals surface area contributed by atoms with Crippen molar-refractivity contribution in [2.75, 3.05) is 0 Å². The summed E-state index contributed by atoms with van der Waals surface area (Å²) < 4.78 is 0. The van der Waals surface area contributed by atoms with Crippen LogP contribution in [0.15, 0.2) is 0 Å². The quantitative estimate of drug-likeness (QED) is 0.255. The van der Waals surface area contributed by atoms with Gasteiger partial charge in [-0.05, 0) is 0 Å². The van der Waals surface area contributed by atoms with Crippen molar-refractivity contribution >= 4 is 36.7 Å². The van der Waals surface area contributed by atoms with Gasteiger partial charge in [0.15, 0.2) is 0 Å². The fourth-order valence-electron chi connectivity index (χ4n) is 0.0527. The first-order valence-corrected chi connectivity index (χ1v) is 3.69. The third kappa shape index (κ3) is 4.32. The van der Waals surface area contributed by atoms with Gasteiger partial charge in [0.25, 0.3) is 0 Å². The van der Waals surface area contributed by atoms with Crippen molar-refractivity contribution in [3.8, 4) is 0 Å². The molecule has 0 unspecified atom stereocenters. The van der Waals surface area contributed by atoms with E-state index in [9.17, 15) is 0 Å². The van der Waals surface area contributed by atoms with Gasteiger partial charge in [0, 0.05) is 0 Å². The fraction of sp³-hybridized carbons (Fsp3) is 0. The maximum atomic E-state index is 3.51. The molecule has 5 heavy (non-hydrogen) atoms.